The number of halogens is 1. The van der Waals surface area contributed by atoms with E-state index in [1.54, 1.807) is 0 Å². The summed E-state index contributed by atoms with van der Waals surface area (Å²) < 4.78 is 0. The van der Waals surface area contributed by atoms with Crippen LogP contribution in [0.3, 0.4) is 0 Å². The third-order valence-corrected chi connectivity index (χ3v) is 3.37. The van der Waals surface area contributed by atoms with Crippen molar-refractivity contribution in [2.75, 3.05) is 0 Å². The van der Waals surface area contributed by atoms with Crippen LogP contribution in [0.2, 0.25) is 5.02 Å². The van der Waals surface area contributed by atoms with Crippen molar-refractivity contribution in [3.05, 3.63) is 58.6 Å². The zero-order chi connectivity index (χ0) is 13.8. The van der Waals surface area contributed by atoms with E-state index in [2.05, 4.69) is 56.4 Å². The lowest BCUT2D eigenvalue weighted by Gasteiger charge is -2.13. The normalized spacial score (nSPS) is 11.0. The highest BCUT2D eigenvalue weighted by atomic mass is 35.5. The summed E-state index contributed by atoms with van der Waals surface area (Å²) in [4.78, 5) is 0. The maximum atomic E-state index is 6.12. The van der Waals surface area contributed by atoms with E-state index < -0.39 is 0 Å². The number of rotatable bonds is 4. The highest BCUT2D eigenvalue weighted by Crippen LogP contribution is 2.27. The quantitative estimate of drug-likeness (QED) is 0.843. The minimum atomic E-state index is 0.463. The summed E-state index contributed by atoms with van der Waals surface area (Å²) in [5.74, 6) is 0. The first kappa shape index (κ1) is 14.1. The predicted octanol–water partition coefficient (Wildman–Crippen LogP) is 4.81. The van der Waals surface area contributed by atoms with Crippen molar-refractivity contribution in [3.8, 4) is 11.1 Å². The van der Waals surface area contributed by atoms with Crippen molar-refractivity contribution in [2.45, 2.75) is 33.4 Å². The maximum Gasteiger partial charge on any atom is 0.0409 e. The summed E-state index contributed by atoms with van der Waals surface area (Å²) in [6.45, 7) is 7.24. The third-order valence-electron chi connectivity index (χ3n) is 3.13. The van der Waals surface area contributed by atoms with E-state index in [-0.39, 0.29) is 0 Å². The number of aryl methyl sites for hydroxylation is 1. The van der Waals surface area contributed by atoms with Crippen LogP contribution in [0.25, 0.3) is 11.1 Å². The lowest BCUT2D eigenvalue weighted by molar-refractivity contribution is 0.589. The van der Waals surface area contributed by atoms with Crippen LogP contribution < -0.4 is 5.32 Å². The van der Waals surface area contributed by atoms with Gasteiger partial charge in [-0.25, -0.2) is 0 Å². The second-order valence-electron chi connectivity index (χ2n) is 5.20. The molecule has 0 aromatic heterocycles. The van der Waals surface area contributed by atoms with E-state index in [9.17, 15) is 0 Å². The van der Waals surface area contributed by atoms with Crippen molar-refractivity contribution in [2.24, 2.45) is 0 Å². The van der Waals surface area contributed by atoms with Crippen molar-refractivity contribution < 1.29 is 0 Å². The molecule has 0 heterocycles. The van der Waals surface area contributed by atoms with Gasteiger partial charge in [0, 0.05) is 17.6 Å². The van der Waals surface area contributed by atoms with E-state index in [1.165, 1.54) is 22.3 Å². The lowest BCUT2D eigenvalue weighted by Crippen LogP contribution is -2.22. The molecule has 0 aliphatic rings. The molecule has 0 saturated heterocycles. The Kier molecular flexibility index (Phi) is 4.62. The summed E-state index contributed by atoms with van der Waals surface area (Å²) in [7, 11) is 0. The Balaban J connectivity index is 2.35. The summed E-state index contributed by atoms with van der Waals surface area (Å²) in [6.07, 6.45) is 0. The summed E-state index contributed by atoms with van der Waals surface area (Å²) in [5.41, 5.74) is 5.00. The minimum Gasteiger partial charge on any atom is -0.310 e. The molecule has 0 aliphatic heterocycles. The summed E-state index contributed by atoms with van der Waals surface area (Å²) >= 11 is 6.12. The van der Waals surface area contributed by atoms with Gasteiger partial charge in [-0.3, -0.25) is 0 Å². The smallest absolute Gasteiger partial charge is 0.0409 e. The van der Waals surface area contributed by atoms with E-state index in [4.69, 9.17) is 11.6 Å². The Bertz CT molecular complexity index is 544. The molecule has 0 atom stereocenters. The minimum absolute atomic E-state index is 0.463. The zero-order valence-corrected chi connectivity index (χ0v) is 12.5. The number of hydrogen-bond donors (Lipinski definition) is 1. The zero-order valence-electron chi connectivity index (χ0n) is 11.7. The lowest BCUT2D eigenvalue weighted by atomic mass is 9.98. The largest absolute Gasteiger partial charge is 0.310 e. The van der Waals surface area contributed by atoms with Gasteiger partial charge in [0.2, 0.25) is 0 Å². The summed E-state index contributed by atoms with van der Waals surface area (Å²) in [6, 6.07) is 15.2. The molecule has 1 nitrogen and oxygen atoms in total. The number of hydrogen-bond acceptors (Lipinski definition) is 1. The monoisotopic (exact) mass is 273 g/mol. The van der Waals surface area contributed by atoms with Crippen molar-refractivity contribution in [1.29, 1.82) is 0 Å². The average Bonchev–Trinajstić information content (AvgIpc) is 2.38. The fourth-order valence-corrected chi connectivity index (χ4v) is 2.23. The first-order valence-electron chi connectivity index (χ1n) is 6.65. The highest BCUT2D eigenvalue weighted by molar-refractivity contribution is 6.30. The van der Waals surface area contributed by atoms with Crippen LogP contribution in [0.15, 0.2) is 42.5 Å². The van der Waals surface area contributed by atoms with Crippen LogP contribution in [0, 0.1) is 6.92 Å². The van der Waals surface area contributed by atoms with Gasteiger partial charge in [-0.1, -0.05) is 61.3 Å². The Morgan fingerprint density at radius 2 is 1.74 bits per heavy atom. The van der Waals surface area contributed by atoms with Gasteiger partial charge in [-0.05, 0) is 35.7 Å². The molecule has 0 aliphatic carbocycles. The second kappa shape index (κ2) is 6.23. The fourth-order valence-electron chi connectivity index (χ4n) is 2.04. The number of nitrogens with one attached hydrogen (secondary N) is 1. The van der Waals surface area contributed by atoms with Gasteiger partial charge in [0.05, 0.1) is 0 Å². The topological polar surface area (TPSA) is 12.0 Å². The molecular weight excluding hydrogens is 254 g/mol. The molecule has 1 N–H and O–H groups in total. The van der Waals surface area contributed by atoms with Crippen molar-refractivity contribution in [1.82, 2.24) is 5.32 Å². The van der Waals surface area contributed by atoms with Gasteiger partial charge < -0.3 is 5.32 Å². The maximum absolute atomic E-state index is 6.12. The first-order valence-corrected chi connectivity index (χ1v) is 7.03. The van der Waals surface area contributed by atoms with E-state index >= 15 is 0 Å². The summed E-state index contributed by atoms with van der Waals surface area (Å²) in [5, 5.41) is 4.24. The molecule has 0 fully saturated rings. The van der Waals surface area contributed by atoms with Gasteiger partial charge >= 0.3 is 0 Å². The molecule has 2 rings (SSSR count). The van der Waals surface area contributed by atoms with Gasteiger partial charge in [0.1, 0.15) is 0 Å². The molecule has 19 heavy (non-hydrogen) atoms. The molecule has 0 spiro atoms. The first-order chi connectivity index (χ1) is 9.06. The molecule has 2 aromatic carbocycles. The van der Waals surface area contributed by atoms with Crippen LogP contribution in [0.1, 0.15) is 25.0 Å². The second-order valence-corrected chi connectivity index (χ2v) is 5.64. The Hall–Kier alpha value is -1.31. The molecule has 0 amide bonds. The highest BCUT2D eigenvalue weighted by Gasteiger charge is 2.06. The van der Waals surface area contributed by atoms with Gasteiger partial charge in [0.15, 0.2) is 0 Å². The van der Waals surface area contributed by atoms with Crippen LogP contribution in [-0.2, 0) is 6.54 Å². The van der Waals surface area contributed by atoms with Crippen LogP contribution in [-0.4, -0.2) is 6.04 Å². The van der Waals surface area contributed by atoms with Gasteiger partial charge in [0.25, 0.3) is 0 Å². The predicted molar refractivity (Wildman–Crippen MR) is 83.6 cm³/mol. The molecule has 0 radical (unpaired) electrons. The molecule has 0 bridgehead atoms. The average molecular weight is 274 g/mol. The Morgan fingerprint density at radius 1 is 1.05 bits per heavy atom. The third kappa shape index (κ3) is 3.82. The molecule has 0 unspecified atom stereocenters. The van der Waals surface area contributed by atoms with E-state index in [1.807, 2.05) is 12.1 Å². The molecule has 0 saturated carbocycles. The van der Waals surface area contributed by atoms with E-state index in [0.29, 0.717) is 6.04 Å². The standard InChI is InChI=1S/C17H20ClN/c1-12(2)19-11-15-10-16(18)8-9-17(15)14-6-4-13(3)5-7-14/h4-10,12,19H,11H2,1-3H3. The van der Waals surface area contributed by atoms with Gasteiger partial charge in [-0.2, -0.15) is 0 Å². The van der Waals surface area contributed by atoms with Crippen molar-refractivity contribution in [3.63, 3.8) is 0 Å². The molecule has 100 valence electrons. The van der Waals surface area contributed by atoms with E-state index in [0.717, 1.165) is 11.6 Å². The molecule has 2 heteroatoms. The SMILES string of the molecule is Cc1ccc(-c2ccc(Cl)cc2CNC(C)C)cc1. The van der Waals surface area contributed by atoms with Crippen molar-refractivity contribution >= 4 is 11.6 Å². The van der Waals surface area contributed by atoms with Crippen LogP contribution >= 0.6 is 11.6 Å². The van der Waals surface area contributed by atoms with Crippen LogP contribution in [0.5, 0.6) is 0 Å². The number of benzene rings is 2. The molecular formula is C17H20ClN. The fraction of sp³-hybridized carbons (Fsp3) is 0.294. The van der Waals surface area contributed by atoms with Gasteiger partial charge in [-0.15, -0.1) is 0 Å². The Labute approximate surface area is 120 Å². The molecule has 2 aromatic rings. The van der Waals surface area contributed by atoms with Crippen LogP contribution in [0.4, 0.5) is 0 Å². The Morgan fingerprint density at radius 3 is 2.37 bits per heavy atom.